The lowest BCUT2D eigenvalue weighted by molar-refractivity contribution is -0.156. The van der Waals surface area contributed by atoms with Crippen LogP contribution in [0, 0.1) is 17.7 Å². The Morgan fingerprint density at radius 3 is 2.31 bits per heavy atom. The van der Waals surface area contributed by atoms with Gasteiger partial charge in [0.1, 0.15) is 11.9 Å². The molecule has 1 saturated heterocycles. The molecule has 1 heterocycles. The Morgan fingerprint density at radius 2 is 1.67 bits per heavy atom. The molecule has 0 spiro atoms. The molecule has 36 heavy (non-hydrogen) atoms. The maximum absolute atomic E-state index is 13.9. The van der Waals surface area contributed by atoms with Crippen LogP contribution < -0.4 is 0 Å². The van der Waals surface area contributed by atoms with Crippen molar-refractivity contribution >= 4 is 58.3 Å². The van der Waals surface area contributed by atoms with Gasteiger partial charge in [0, 0.05) is 17.0 Å². The van der Waals surface area contributed by atoms with Crippen LogP contribution in [0.25, 0.3) is 0 Å². The second-order valence-corrected chi connectivity index (χ2v) is 10.0. The molecule has 2 aromatic rings. The quantitative estimate of drug-likeness (QED) is 0.191. The zero-order valence-electron chi connectivity index (χ0n) is 19.2. The summed E-state index contributed by atoms with van der Waals surface area (Å²) in [5.41, 5.74) is 1.11. The first-order valence-electron chi connectivity index (χ1n) is 11.3. The molecule has 0 radical (unpaired) electrons. The lowest BCUT2D eigenvalue weighted by atomic mass is 9.82. The Kier molecular flexibility index (Phi) is 7.83. The number of alkyl halides is 1. The second kappa shape index (κ2) is 10.7. The van der Waals surface area contributed by atoms with Gasteiger partial charge in [0.2, 0.25) is 0 Å². The highest BCUT2D eigenvalue weighted by Gasteiger charge is 2.53. The van der Waals surface area contributed by atoms with Gasteiger partial charge >= 0.3 is 0 Å². The zero-order chi connectivity index (χ0) is 26.1. The Balaban J connectivity index is 1.82. The van der Waals surface area contributed by atoms with Crippen molar-refractivity contribution < 1.29 is 23.6 Å². The van der Waals surface area contributed by atoms with Crippen LogP contribution in [0.5, 0.6) is 0 Å². The Labute approximate surface area is 222 Å². The minimum Gasteiger partial charge on any atom is -0.292 e. The van der Waals surface area contributed by atoms with Crippen LogP contribution in [0.2, 0.25) is 10.0 Å². The van der Waals surface area contributed by atoms with Crippen molar-refractivity contribution in [2.24, 2.45) is 11.8 Å². The molecule has 1 fully saturated rings. The third-order valence-electron chi connectivity index (χ3n) is 6.50. The Hall–Kier alpha value is -2.74. The topological polar surface area (TPSA) is 74.8 Å². The number of fused-ring (bicyclic) bond motifs is 1. The summed E-state index contributed by atoms with van der Waals surface area (Å²) in [7, 11) is 0. The van der Waals surface area contributed by atoms with Crippen molar-refractivity contribution in [3.63, 3.8) is 0 Å². The van der Waals surface area contributed by atoms with Gasteiger partial charge < -0.3 is 0 Å². The summed E-state index contributed by atoms with van der Waals surface area (Å²) in [5.74, 6) is -4.36. The second-order valence-electron chi connectivity index (χ2n) is 8.83. The molecule has 0 bridgehead atoms. The van der Waals surface area contributed by atoms with E-state index in [0.717, 1.165) is 27.7 Å². The number of halogens is 4. The number of rotatable bonds is 7. The summed E-state index contributed by atoms with van der Waals surface area (Å²) in [6.07, 6.45) is 2.58. The predicted octanol–water partition coefficient (Wildman–Crippen LogP) is 5.71. The molecule has 0 saturated carbocycles. The highest BCUT2D eigenvalue weighted by atomic mass is 35.5. The average Bonchev–Trinajstić information content (AvgIpc) is 3.09. The molecule has 1 aliphatic heterocycles. The van der Waals surface area contributed by atoms with Crippen LogP contribution in [-0.4, -0.2) is 45.4 Å². The van der Waals surface area contributed by atoms with E-state index in [2.05, 4.69) is 0 Å². The summed E-state index contributed by atoms with van der Waals surface area (Å²) in [4.78, 5) is 54.5. The van der Waals surface area contributed by atoms with E-state index in [1.54, 1.807) is 0 Å². The molecule has 0 N–H and O–H groups in total. The fourth-order valence-electron chi connectivity index (χ4n) is 4.64. The molecule has 2 aliphatic rings. The monoisotopic (exact) mass is 550 g/mol. The highest BCUT2D eigenvalue weighted by Crippen LogP contribution is 2.39. The third-order valence-corrected chi connectivity index (χ3v) is 7.46. The van der Waals surface area contributed by atoms with Crippen LogP contribution in [-0.2, 0) is 9.59 Å². The van der Waals surface area contributed by atoms with Crippen LogP contribution >= 0.6 is 34.8 Å². The number of benzene rings is 2. The van der Waals surface area contributed by atoms with Crippen molar-refractivity contribution in [2.45, 2.75) is 32.2 Å². The maximum atomic E-state index is 13.9. The fraction of sp³-hybridized carbons (Fsp3) is 0.308. The van der Waals surface area contributed by atoms with Crippen molar-refractivity contribution in [1.82, 2.24) is 10.0 Å². The summed E-state index contributed by atoms with van der Waals surface area (Å²) < 4.78 is 13.5. The molecule has 188 valence electrons. The van der Waals surface area contributed by atoms with Gasteiger partial charge in [-0.05, 0) is 68.7 Å². The smallest absolute Gasteiger partial charge is 0.273 e. The molecule has 2 aromatic carbocycles. The SMILES string of the molecule is CC1=CC[C@@H]2C(=O)N(N(C(=O)c3ccc(Cl)c(Cl)c3)[C@H](CCCl)C(=O)c3ccc(F)cc3)C(=O)[C@H]2C1. The number of ketones is 1. The van der Waals surface area contributed by atoms with Gasteiger partial charge in [0.15, 0.2) is 5.78 Å². The van der Waals surface area contributed by atoms with E-state index in [0.29, 0.717) is 12.8 Å². The van der Waals surface area contributed by atoms with Crippen molar-refractivity contribution in [1.29, 1.82) is 0 Å². The number of allylic oxidation sites excluding steroid dienone is 2. The maximum Gasteiger partial charge on any atom is 0.273 e. The fourth-order valence-corrected chi connectivity index (χ4v) is 5.14. The number of amides is 3. The lowest BCUT2D eigenvalue weighted by Crippen LogP contribution is -2.57. The molecule has 6 nitrogen and oxygen atoms in total. The van der Waals surface area contributed by atoms with Crippen LogP contribution in [0.4, 0.5) is 4.39 Å². The Morgan fingerprint density at radius 1 is 1.03 bits per heavy atom. The molecular formula is C26H22Cl3FN2O4. The molecule has 3 atom stereocenters. The largest absolute Gasteiger partial charge is 0.292 e. The summed E-state index contributed by atoms with van der Waals surface area (Å²) in [5, 5.41) is 1.99. The number of Topliss-reactive ketones (excluding diaryl/α,β-unsaturated/α-hetero) is 1. The minimum absolute atomic E-state index is 0.0284. The van der Waals surface area contributed by atoms with Gasteiger partial charge in [-0.2, -0.15) is 5.01 Å². The van der Waals surface area contributed by atoms with E-state index >= 15 is 0 Å². The summed E-state index contributed by atoms with van der Waals surface area (Å²) in [6, 6.07) is 7.60. The number of carbonyl (C=O) groups excluding carboxylic acids is 4. The van der Waals surface area contributed by atoms with Crippen molar-refractivity contribution in [3.8, 4) is 0 Å². The number of imide groups is 1. The van der Waals surface area contributed by atoms with Crippen molar-refractivity contribution in [2.75, 3.05) is 5.88 Å². The van der Waals surface area contributed by atoms with Gasteiger partial charge in [-0.25, -0.2) is 9.40 Å². The standard InChI is InChI=1S/C26H22Cl3FN2O4/c1-14-2-8-18-19(12-14)26(36)32(25(18)35)31(24(34)16-5-9-20(28)21(29)13-16)22(10-11-27)23(33)15-3-6-17(30)7-4-15/h2-7,9,13,18-19,22H,8,10-12H2,1H3/t18-,19-,22+/m0/s1. The van der Waals surface area contributed by atoms with Gasteiger partial charge in [0.05, 0.1) is 21.9 Å². The van der Waals surface area contributed by atoms with Crippen LogP contribution in [0.3, 0.4) is 0 Å². The molecule has 0 aromatic heterocycles. The molecular weight excluding hydrogens is 530 g/mol. The van der Waals surface area contributed by atoms with E-state index < -0.39 is 47.2 Å². The van der Waals surface area contributed by atoms with E-state index in [1.807, 2.05) is 13.0 Å². The minimum atomic E-state index is -1.31. The van der Waals surface area contributed by atoms with Crippen molar-refractivity contribution in [3.05, 3.63) is 81.1 Å². The number of carbonyl (C=O) groups is 4. The molecule has 0 unspecified atom stereocenters. The third kappa shape index (κ3) is 4.92. The van der Waals surface area contributed by atoms with Crippen LogP contribution in [0.1, 0.15) is 46.9 Å². The van der Waals surface area contributed by atoms with Gasteiger partial charge in [-0.15, -0.1) is 11.6 Å². The van der Waals surface area contributed by atoms with E-state index in [4.69, 9.17) is 34.8 Å². The van der Waals surface area contributed by atoms with Crippen LogP contribution in [0.15, 0.2) is 54.1 Å². The summed E-state index contributed by atoms with van der Waals surface area (Å²) >= 11 is 18.2. The van der Waals surface area contributed by atoms with E-state index in [-0.39, 0.29) is 33.5 Å². The first-order chi connectivity index (χ1) is 17.1. The number of hydrogen-bond donors (Lipinski definition) is 0. The van der Waals surface area contributed by atoms with E-state index in [1.165, 1.54) is 30.3 Å². The normalized spacial score (nSPS) is 20.1. The first kappa shape index (κ1) is 26.3. The predicted molar refractivity (Wildman–Crippen MR) is 134 cm³/mol. The van der Waals surface area contributed by atoms with Gasteiger partial charge in [-0.3, -0.25) is 19.2 Å². The summed E-state index contributed by atoms with van der Waals surface area (Å²) in [6.45, 7) is 1.88. The number of hydrazine groups is 1. The number of hydrogen-bond acceptors (Lipinski definition) is 4. The molecule has 1 aliphatic carbocycles. The van der Waals surface area contributed by atoms with Gasteiger partial charge in [-0.1, -0.05) is 34.9 Å². The zero-order valence-corrected chi connectivity index (χ0v) is 21.5. The number of nitrogens with zero attached hydrogens (tertiary/aromatic N) is 2. The average molecular weight is 552 g/mol. The Bertz CT molecular complexity index is 1260. The van der Waals surface area contributed by atoms with Gasteiger partial charge in [0.25, 0.3) is 17.7 Å². The highest BCUT2D eigenvalue weighted by molar-refractivity contribution is 6.42. The molecule has 10 heteroatoms. The lowest BCUT2D eigenvalue weighted by Gasteiger charge is -2.36. The molecule has 4 rings (SSSR count). The first-order valence-corrected chi connectivity index (χ1v) is 12.6. The molecule has 3 amide bonds. The van der Waals surface area contributed by atoms with E-state index in [9.17, 15) is 23.6 Å².